The molecule has 24 atom stereocenters. The Hall–Kier alpha value is -1.23. The molecule has 0 radical (unpaired) electrons. The van der Waals surface area contributed by atoms with Gasteiger partial charge in [0.05, 0.1) is 31.5 Å². The molecule has 4 saturated carbocycles. The van der Waals surface area contributed by atoms with Gasteiger partial charge in [-0.1, -0.05) is 52.7 Å². The van der Waals surface area contributed by atoms with Crippen molar-refractivity contribution >= 4 is 6.29 Å². The topological polar surface area (TPSA) is 253 Å². The molecule has 4 saturated heterocycles. The second kappa shape index (κ2) is 19.7. The molecule has 8 fully saturated rings. The van der Waals surface area contributed by atoms with Crippen LogP contribution in [-0.2, 0) is 42.7 Å². The third-order valence-electron chi connectivity index (χ3n) is 18.9. The van der Waals surface area contributed by atoms with E-state index in [0.29, 0.717) is 25.9 Å². The van der Waals surface area contributed by atoms with Gasteiger partial charge >= 0.3 is 0 Å². The summed E-state index contributed by atoms with van der Waals surface area (Å²) < 4.78 is 49.8. The van der Waals surface area contributed by atoms with Gasteiger partial charge in [-0.2, -0.15) is 0 Å². The average molecular weight is 955 g/mol. The number of carbonyl (C=O) groups excluding carboxylic acids is 1. The van der Waals surface area contributed by atoms with Crippen molar-refractivity contribution in [3.05, 3.63) is 11.6 Å². The summed E-state index contributed by atoms with van der Waals surface area (Å²) in [5.41, 5.74) is -1.60. The van der Waals surface area contributed by atoms with Crippen molar-refractivity contribution in [2.75, 3.05) is 19.8 Å². The first-order valence-electron chi connectivity index (χ1n) is 25.3. The Kier molecular flexibility index (Phi) is 15.3. The van der Waals surface area contributed by atoms with Crippen molar-refractivity contribution < 1.29 is 83.5 Å². The molecule has 67 heavy (non-hydrogen) atoms. The minimum Gasteiger partial charge on any atom is -0.388 e. The molecule has 0 aromatic rings. The Morgan fingerprint density at radius 1 is 0.687 bits per heavy atom. The highest BCUT2D eigenvalue weighted by Crippen LogP contribution is 2.76. The van der Waals surface area contributed by atoms with E-state index in [1.807, 2.05) is 0 Å². The van der Waals surface area contributed by atoms with Crippen LogP contribution in [0.15, 0.2) is 11.6 Å². The molecule has 17 nitrogen and oxygen atoms in total. The number of rotatable bonds is 13. The van der Waals surface area contributed by atoms with Crippen molar-refractivity contribution in [1.29, 1.82) is 0 Å². The Balaban J connectivity index is 1.04. The second-order valence-electron chi connectivity index (χ2n) is 23.1. The zero-order valence-corrected chi connectivity index (χ0v) is 40.9. The summed E-state index contributed by atoms with van der Waals surface area (Å²) in [6.45, 7) is 16.7. The van der Waals surface area contributed by atoms with Gasteiger partial charge in [0, 0.05) is 18.4 Å². The lowest BCUT2D eigenvalue weighted by molar-refractivity contribution is -0.383. The van der Waals surface area contributed by atoms with Crippen LogP contribution in [0.2, 0.25) is 0 Å². The molecule has 8 N–H and O–H groups in total. The number of aliphatic hydroxyl groups is 8. The summed E-state index contributed by atoms with van der Waals surface area (Å²) in [5.74, 6) is 0.207. The molecule has 0 unspecified atom stereocenters. The molecule has 17 heteroatoms. The normalized spacial score (nSPS) is 53.0. The predicted octanol–water partition coefficient (Wildman–Crippen LogP) is 2.62. The quantitative estimate of drug-likeness (QED) is 0.0572. The van der Waals surface area contributed by atoms with Crippen LogP contribution in [0.5, 0.6) is 0 Å². The molecule has 8 aliphatic rings. The standard InChI is InChI=1S/C50H82O17/c1-9-10-19-60-45-50(59,21-27(64-45)20-25(2)3)29-13-16-47(7)28(29)11-12-33-48(47,8)17-14-32-46(5,6)34(15-18-49(32,33)24-51)65-44-41(67-43-39(58)37(56)35(54)26(4)63-43)40(31(53)23-62-44)66-42-38(57)36(55)30(52)22-61-42/h20,24,26-45,52-59H,9-19,21-23H2,1-8H3/t26-,27+,28+,29-,30+,31-,32-,33-,34-,35-,36-,37+,38+,39+,40-,41+,42-,43-,44-,45+,47+,48+,49+,50+/m0/s1. The van der Waals surface area contributed by atoms with Gasteiger partial charge in [-0.3, -0.25) is 0 Å². The van der Waals surface area contributed by atoms with Crippen LogP contribution in [-0.4, -0.2) is 171 Å². The number of aliphatic hydroxyl groups excluding tert-OH is 7. The number of ether oxygens (including phenoxy) is 8. The lowest BCUT2D eigenvalue weighted by Crippen LogP contribution is -2.67. The first-order valence-corrected chi connectivity index (χ1v) is 25.3. The maximum atomic E-state index is 14.1. The van der Waals surface area contributed by atoms with Crippen LogP contribution in [0.3, 0.4) is 0 Å². The van der Waals surface area contributed by atoms with Gasteiger partial charge in [-0.25, -0.2) is 0 Å². The monoisotopic (exact) mass is 955 g/mol. The molecule has 8 rings (SSSR count). The summed E-state index contributed by atoms with van der Waals surface area (Å²) in [4.78, 5) is 14.1. The summed E-state index contributed by atoms with van der Waals surface area (Å²) in [6, 6.07) is 0. The summed E-state index contributed by atoms with van der Waals surface area (Å²) in [5, 5.41) is 87.8. The molecule has 0 aromatic heterocycles. The van der Waals surface area contributed by atoms with Crippen molar-refractivity contribution in [2.24, 2.45) is 45.3 Å². The fourth-order valence-corrected chi connectivity index (χ4v) is 15.0. The van der Waals surface area contributed by atoms with Crippen LogP contribution < -0.4 is 0 Å². The molecule has 4 heterocycles. The summed E-state index contributed by atoms with van der Waals surface area (Å²) in [7, 11) is 0. The van der Waals surface area contributed by atoms with E-state index >= 15 is 0 Å². The summed E-state index contributed by atoms with van der Waals surface area (Å²) >= 11 is 0. The minimum atomic E-state index is -1.72. The molecule has 0 amide bonds. The summed E-state index contributed by atoms with van der Waals surface area (Å²) in [6.07, 6.45) is -8.38. The van der Waals surface area contributed by atoms with E-state index in [2.05, 4.69) is 54.5 Å². The highest BCUT2D eigenvalue weighted by atomic mass is 16.8. The van der Waals surface area contributed by atoms with E-state index in [1.165, 1.54) is 13.2 Å². The fraction of sp³-hybridized carbons (Fsp3) is 0.940. The van der Waals surface area contributed by atoms with Crippen LogP contribution in [0.1, 0.15) is 126 Å². The number of fused-ring (bicyclic) bond motifs is 5. The molecule has 0 spiro atoms. The van der Waals surface area contributed by atoms with Crippen molar-refractivity contribution in [3.8, 4) is 0 Å². The third-order valence-corrected chi connectivity index (χ3v) is 18.9. The van der Waals surface area contributed by atoms with Gasteiger partial charge in [0.25, 0.3) is 0 Å². The first kappa shape index (κ1) is 52.1. The number of hydrogen-bond acceptors (Lipinski definition) is 17. The lowest BCUT2D eigenvalue weighted by atomic mass is 9.35. The van der Waals surface area contributed by atoms with Crippen LogP contribution >= 0.6 is 0 Å². The highest BCUT2D eigenvalue weighted by molar-refractivity contribution is 5.62. The Morgan fingerprint density at radius 3 is 2.06 bits per heavy atom. The zero-order chi connectivity index (χ0) is 48.6. The van der Waals surface area contributed by atoms with Crippen molar-refractivity contribution in [2.45, 2.75) is 230 Å². The number of hydrogen-bond donors (Lipinski definition) is 8. The van der Waals surface area contributed by atoms with Gasteiger partial charge in [-0.15, -0.1) is 0 Å². The molecular weight excluding hydrogens is 873 g/mol. The van der Waals surface area contributed by atoms with Crippen LogP contribution in [0.4, 0.5) is 0 Å². The predicted molar refractivity (Wildman–Crippen MR) is 238 cm³/mol. The minimum absolute atomic E-state index is 0.0128. The van der Waals surface area contributed by atoms with Gasteiger partial charge in [-0.05, 0) is 118 Å². The van der Waals surface area contributed by atoms with E-state index in [0.717, 1.165) is 56.9 Å². The first-order chi connectivity index (χ1) is 31.6. The molecule has 384 valence electrons. The number of aldehydes is 1. The fourth-order valence-electron chi connectivity index (χ4n) is 15.0. The maximum Gasteiger partial charge on any atom is 0.187 e. The SMILES string of the molecule is CCCCO[C@@H]1O[C@H](C=C(C)C)C[C@@]1(O)[C@H]1CC[C@]2(C)[C@@H]1CC[C@@H]1[C@@]3(C=O)CC[C@H](O[C@@H]4OC[C@H](O)[C@H](O[C@@H]5OC[C@@H](O)[C@H](O)[C@H]5O)[C@H]4O[C@@H]4O[C@@H](C)[C@H](O)[C@@H](O)[C@H]4O)C(C)(C)[C@@H]3CC[C@]12C. The van der Waals surface area contributed by atoms with Gasteiger partial charge < -0.3 is 83.5 Å². The molecule has 0 bridgehead atoms. The van der Waals surface area contributed by atoms with Crippen LogP contribution in [0, 0.1) is 45.3 Å². The smallest absolute Gasteiger partial charge is 0.187 e. The van der Waals surface area contributed by atoms with E-state index in [9.17, 15) is 45.6 Å². The Labute approximate surface area is 395 Å². The molecule has 0 aromatic carbocycles. The van der Waals surface area contributed by atoms with E-state index in [-0.39, 0.29) is 53.8 Å². The van der Waals surface area contributed by atoms with Gasteiger partial charge in [0.15, 0.2) is 25.2 Å². The third kappa shape index (κ3) is 8.85. The van der Waals surface area contributed by atoms with Gasteiger partial charge in [0.2, 0.25) is 0 Å². The Bertz CT molecular complexity index is 1750. The number of allylic oxidation sites excluding steroid dienone is 1. The van der Waals surface area contributed by atoms with E-state index in [4.69, 9.17) is 37.9 Å². The van der Waals surface area contributed by atoms with E-state index in [1.54, 1.807) is 0 Å². The lowest BCUT2D eigenvalue weighted by Gasteiger charge is -2.69. The average Bonchev–Trinajstić information content (AvgIpc) is 3.80. The van der Waals surface area contributed by atoms with Crippen molar-refractivity contribution in [3.63, 3.8) is 0 Å². The largest absolute Gasteiger partial charge is 0.388 e. The number of carbonyl (C=O) groups is 1. The van der Waals surface area contributed by atoms with Gasteiger partial charge in [0.1, 0.15) is 66.8 Å². The van der Waals surface area contributed by atoms with Crippen molar-refractivity contribution in [1.82, 2.24) is 0 Å². The molecule has 4 aliphatic carbocycles. The maximum absolute atomic E-state index is 14.1. The zero-order valence-electron chi connectivity index (χ0n) is 40.9. The molecular formula is C50H82O17. The molecule has 4 aliphatic heterocycles. The van der Waals surface area contributed by atoms with E-state index < -0.39 is 109 Å². The van der Waals surface area contributed by atoms with Crippen LogP contribution in [0.25, 0.3) is 0 Å². The highest BCUT2D eigenvalue weighted by Gasteiger charge is 2.72. The Morgan fingerprint density at radius 2 is 1.36 bits per heavy atom. The number of unbranched alkanes of at least 4 members (excludes halogenated alkanes) is 1. The second-order valence-corrected chi connectivity index (χ2v) is 23.1.